The van der Waals surface area contributed by atoms with Gasteiger partial charge < -0.3 is 24.4 Å². The molecule has 0 bridgehead atoms. The number of likely N-dealkylation sites (N-methyl/N-ethyl adjacent to an activating group) is 1. The minimum absolute atomic E-state index is 0.0670. The molecule has 2 aromatic heterocycles. The summed E-state index contributed by atoms with van der Waals surface area (Å²) in [4.78, 5) is 38.9. The number of nitrogens with zero attached hydrogens (tertiary/aromatic N) is 5. The van der Waals surface area contributed by atoms with Crippen LogP contribution in [-0.2, 0) is 16.1 Å². The molecule has 1 fully saturated rings. The number of carbonyl (C=O) groups is 2. The largest absolute Gasteiger partial charge is 0.383 e. The van der Waals surface area contributed by atoms with Crippen LogP contribution in [0, 0.1) is 0 Å². The molecular formula is C24H30N6O3. The molecule has 0 unspecified atom stereocenters. The number of ether oxygens (including phenoxy) is 1. The number of imidazole rings is 1. The minimum Gasteiger partial charge on any atom is -0.383 e. The van der Waals surface area contributed by atoms with Crippen LogP contribution in [0.4, 0.5) is 5.69 Å². The molecule has 2 amide bonds. The summed E-state index contributed by atoms with van der Waals surface area (Å²) in [5, 5.41) is 2.81. The molecule has 0 radical (unpaired) electrons. The third-order valence-corrected chi connectivity index (χ3v) is 5.99. The van der Waals surface area contributed by atoms with Gasteiger partial charge in [-0.05, 0) is 44.8 Å². The summed E-state index contributed by atoms with van der Waals surface area (Å²) < 4.78 is 7.34. The second kappa shape index (κ2) is 9.68. The third kappa shape index (κ3) is 4.74. The van der Waals surface area contributed by atoms with Gasteiger partial charge in [0, 0.05) is 51.6 Å². The third-order valence-electron chi connectivity index (χ3n) is 5.99. The standard InChI is InChI=1S/C24H30N6O3/c1-16(31)26-17-13-19(24(32)29-10-8-18(15-29)28(2)3)22-21(14-17)27-23(30(22)11-12-33-4)20-7-5-6-9-25-20/h5-7,9,13-14,18H,8,10-12,15H2,1-4H3,(H,26,31)/t18-/m1/s1. The number of fused-ring (bicyclic) bond motifs is 1. The molecule has 33 heavy (non-hydrogen) atoms. The monoisotopic (exact) mass is 450 g/mol. The number of benzene rings is 1. The normalized spacial score (nSPS) is 16.0. The molecule has 9 heteroatoms. The highest BCUT2D eigenvalue weighted by atomic mass is 16.5. The highest BCUT2D eigenvalue weighted by molar-refractivity contribution is 6.08. The van der Waals surface area contributed by atoms with Gasteiger partial charge in [0.15, 0.2) is 5.82 Å². The lowest BCUT2D eigenvalue weighted by atomic mass is 10.1. The lowest BCUT2D eigenvalue weighted by Crippen LogP contribution is -2.34. The first-order valence-corrected chi connectivity index (χ1v) is 11.1. The molecule has 0 aliphatic carbocycles. The van der Waals surface area contributed by atoms with Crippen LogP contribution in [0.15, 0.2) is 36.5 Å². The van der Waals surface area contributed by atoms with Crippen molar-refractivity contribution in [1.82, 2.24) is 24.3 Å². The van der Waals surface area contributed by atoms with Crippen molar-refractivity contribution in [3.8, 4) is 11.5 Å². The fraction of sp³-hybridized carbons (Fsp3) is 0.417. The van der Waals surface area contributed by atoms with Gasteiger partial charge in [-0.25, -0.2) is 4.98 Å². The average Bonchev–Trinajstić information content (AvgIpc) is 3.42. The summed E-state index contributed by atoms with van der Waals surface area (Å²) in [6.07, 6.45) is 2.64. The number of hydrogen-bond donors (Lipinski definition) is 1. The number of aromatic nitrogens is 3. The molecule has 0 saturated carbocycles. The maximum absolute atomic E-state index is 13.7. The molecule has 9 nitrogen and oxygen atoms in total. The van der Waals surface area contributed by atoms with E-state index in [1.54, 1.807) is 25.4 Å². The lowest BCUT2D eigenvalue weighted by molar-refractivity contribution is -0.114. The summed E-state index contributed by atoms with van der Waals surface area (Å²) in [5.41, 5.74) is 3.12. The first kappa shape index (κ1) is 22.9. The van der Waals surface area contributed by atoms with Crippen molar-refractivity contribution in [1.29, 1.82) is 0 Å². The fourth-order valence-corrected chi connectivity index (χ4v) is 4.32. The van der Waals surface area contributed by atoms with Crippen molar-refractivity contribution in [2.24, 2.45) is 0 Å². The van der Waals surface area contributed by atoms with Crippen LogP contribution in [0.1, 0.15) is 23.7 Å². The van der Waals surface area contributed by atoms with E-state index in [0.717, 1.165) is 11.9 Å². The van der Waals surface area contributed by atoms with E-state index >= 15 is 0 Å². The van der Waals surface area contributed by atoms with Gasteiger partial charge in [0.1, 0.15) is 5.69 Å². The van der Waals surface area contributed by atoms with Crippen molar-refractivity contribution in [2.75, 3.05) is 46.2 Å². The first-order chi connectivity index (χ1) is 15.9. The molecule has 3 aromatic rings. The Morgan fingerprint density at radius 2 is 2.09 bits per heavy atom. The van der Waals surface area contributed by atoms with E-state index in [-0.39, 0.29) is 11.8 Å². The second-order valence-corrected chi connectivity index (χ2v) is 8.52. The maximum Gasteiger partial charge on any atom is 0.256 e. The molecular weight excluding hydrogens is 420 g/mol. The molecule has 1 N–H and O–H groups in total. The van der Waals surface area contributed by atoms with E-state index in [1.807, 2.05) is 41.8 Å². The van der Waals surface area contributed by atoms with Gasteiger partial charge in [0.2, 0.25) is 5.91 Å². The zero-order valence-electron chi connectivity index (χ0n) is 19.5. The van der Waals surface area contributed by atoms with Crippen molar-refractivity contribution in [3.05, 3.63) is 42.1 Å². The van der Waals surface area contributed by atoms with E-state index in [2.05, 4.69) is 15.2 Å². The SMILES string of the molecule is COCCn1c(-c2ccccn2)nc2cc(NC(C)=O)cc(C(=O)N3CC[C@@H](N(C)C)C3)c21. The highest BCUT2D eigenvalue weighted by Crippen LogP contribution is 2.31. The average molecular weight is 451 g/mol. The minimum atomic E-state index is -0.203. The maximum atomic E-state index is 13.7. The van der Waals surface area contributed by atoms with E-state index in [9.17, 15) is 9.59 Å². The molecule has 1 aliphatic heterocycles. The molecule has 1 atom stereocenters. The van der Waals surface area contributed by atoms with Crippen LogP contribution < -0.4 is 5.32 Å². The van der Waals surface area contributed by atoms with E-state index in [0.29, 0.717) is 60.6 Å². The van der Waals surface area contributed by atoms with Gasteiger partial charge in [-0.15, -0.1) is 0 Å². The topological polar surface area (TPSA) is 92.6 Å². The van der Waals surface area contributed by atoms with Gasteiger partial charge in [-0.1, -0.05) is 6.07 Å². The number of likely N-dealkylation sites (tertiary alicyclic amines) is 1. The molecule has 1 aromatic carbocycles. The Balaban J connectivity index is 1.88. The molecule has 1 saturated heterocycles. The van der Waals surface area contributed by atoms with Gasteiger partial charge >= 0.3 is 0 Å². The van der Waals surface area contributed by atoms with Crippen molar-refractivity contribution >= 4 is 28.5 Å². The van der Waals surface area contributed by atoms with Crippen molar-refractivity contribution in [2.45, 2.75) is 25.9 Å². The number of hydrogen-bond acceptors (Lipinski definition) is 6. The van der Waals surface area contributed by atoms with E-state index in [4.69, 9.17) is 9.72 Å². The number of amides is 2. The molecule has 0 spiro atoms. The van der Waals surface area contributed by atoms with Gasteiger partial charge in [-0.3, -0.25) is 14.6 Å². The number of anilines is 1. The van der Waals surface area contributed by atoms with E-state index < -0.39 is 0 Å². The molecule has 174 valence electrons. The van der Waals surface area contributed by atoms with Crippen LogP contribution in [0.3, 0.4) is 0 Å². The summed E-state index contributed by atoms with van der Waals surface area (Å²) in [5.74, 6) is 0.386. The second-order valence-electron chi connectivity index (χ2n) is 8.52. The molecule has 3 heterocycles. The fourth-order valence-electron chi connectivity index (χ4n) is 4.32. The van der Waals surface area contributed by atoms with Gasteiger partial charge in [-0.2, -0.15) is 0 Å². The number of pyridine rings is 1. The lowest BCUT2D eigenvalue weighted by Gasteiger charge is -2.21. The van der Waals surface area contributed by atoms with Crippen LogP contribution >= 0.6 is 0 Å². The van der Waals surface area contributed by atoms with Crippen LogP contribution in [0.2, 0.25) is 0 Å². The summed E-state index contributed by atoms with van der Waals surface area (Å²) in [6.45, 7) is 3.77. The predicted molar refractivity (Wildman–Crippen MR) is 127 cm³/mol. The van der Waals surface area contributed by atoms with Gasteiger partial charge in [0.25, 0.3) is 5.91 Å². The quantitative estimate of drug-likeness (QED) is 0.595. The Kier molecular flexibility index (Phi) is 6.71. The summed E-state index contributed by atoms with van der Waals surface area (Å²) >= 11 is 0. The first-order valence-electron chi connectivity index (χ1n) is 11.1. The number of methoxy groups -OCH3 is 1. The smallest absolute Gasteiger partial charge is 0.256 e. The Morgan fingerprint density at radius 3 is 2.73 bits per heavy atom. The Hall–Kier alpha value is -3.30. The van der Waals surface area contributed by atoms with Crippen molar-refractivity contribution in [3.63, 3.8) is 0 Å². The number of nitrogens with one attached hydrogen (secondary N) is 1. The van der Waals surface area contributed by atoms with Gasteiger partial charge in [0.05, 0.1) is 23.2 Å². The Morgan fingerprint density at radius 1 is 1.27 bits per heavy atom. The van der Waals surface area contributed by atoms with Crippen LogP contribution in [-0.4, -0.2) is 83.1 Å². The van der Waals surface area contributed by atoms with E-state index in [1.165, 1.54) is 6.92 Å². The van der Waals surface area contributed by atoms with Crippen LogP contribution in [0.5, 0.6) is 0 Å². The van der Waals surface area contributed by atoms with Crippen LogP contribution in [0.25, 0.3) is 22.6 Å². The number of carbonyl (C=O) groups excluding carboxylic acids is 2. The Labute approximate surface area is 193 Å². The Bertz CT molecular complexity index is 1160. The molecule has 1 aliphatic rings. The zero-order chi connectivity index (χ0) is 23.5. The summed E-state index contributed by atoms with van der Waals surface area (Å²) in [7, 11) is 5.71. The highest BCUT2D eigenvalue weighted by Gasteiger charge is 2.30. The van der Waals surface area contributed by atoms with Crippen molar-refractivity contribution < 1.29 is 14.3 Å². The number of rotatable bonds is 7. The predicted octanol–water partition coefficient (Wildman–Crippen LogP) is 2.48. The summed E-state index contributed by atoms with van der Waals surface area (Å²) in [6, 6.07) is 9.53. The molecule has 4 rings (SSSR count). The zero-order valence-corrected chi connectivity index (χ0v) is 19.5.